The molecule has 0 spiro atoms. The first kappa shape index (κ1) is 7.55. The third kappa shape index (κ3) is 0.878. The molecule has 1 aromatic carbocycles. The number of aromatic nitrogens is 2. The number of H-pyrrole nitrogens is 1. The predicted octanol–water partition coefficient (Wildman–Crippen LogP) is 1.53. The highest BCUT2D eigenvalue weighted by molar-refractivity contribution is 6.04. The average molecular weight is 188 g/mol. The lowest BCUT2D eigenvalue weighted by Crippen LogP contribution is -2.15. The van der Waals surface area contributed by atoms with Crippen molar-refractivity contribution in [3.63, 3.8) is 0 Å². The fraction of sp³-hybridized carbons (Fsp3) is 0.200. The molecule has 1 aliphatic rings. The monoisotopic (exact) mass is 188 g/mol. The molecule has 0 bridgehead atoms. The van der Waals surface area contributed by atoms with Crippen molar-refractivity contribution in [3.05, 3.63) is 24.0 Å². The second-order valence-electron chi connectivity index (χ2n) is 3.26. The highest BCUT2D eigenvalue weighted by Gasteiger charge is 2.21. The molecule has 3 rings (SSSR count). The molecule has 2 aromatic rings. The normalized spacial score (nSPS) is 15.3. The van der Waals surface area contributed by atoms with Crippen molar-refractivity contribution in [2.75, 3.05) is 6.61 Å². The summed E-state index contributed by atoms with van der Waals surface area (Å²) in [6.45, 7) is 0.456. The topological polar surface area (TPSA) is 55.0 Å². The zero-order valence-electron chi connectivity index (χ0n) is 7.41. The number of nitrogens with zero attached hydrogens (tertiary/aromatic N) is 1. The Morgan fingerprint density at radius 2 is 2.36 bits per heavy atom. The third-order valence-electron chi connectivity index (χ3n) is 2.42. The van der Waals surface area contributed by atoms with E-state index in [1.165, 1.54) is 0 Å². The van der Waals surface area contributed by atoms with Crippen LogP contribution >= 0.6 is 0 Å². The van der Waals surface area contributed by atoms with Gasteiger partial charge in [-0.25, -0.2) is 4.98 Å². The Morgan fingerprint density at radius 1 is 1.43 bits per heavy atom. The second-order valence-corrected chi connectivity index (χ2v) is 3.26. The number of imidazole rings is 1. The van der Waals surface area contributed by atoms with Gasteiger partial charge in [0, 0.05) is 6.42 Å². The molecule has 0 radical (unpaired) electrons. The van der Waals surface area contributed by atoms with Gasteiger partial charge in [-0.1, -0.05) is 0 Å². The Hall–Kier alpha value is -1.84. The molecule has 14 heavy (non-hydrogen) atoms. The number of hydrogen-bond donors (Lipinski definition) is 1. The van der Waals surface area contributed by atoms with Crippen LogP contribution in [0.3, 0.4) is 0 Å². The summed E-state index contributed by atoms with van der Waals surface area (Å²) in [5, 5.41) is 0. The van der Waals surface area contributed by atoms with Crippen LogP contribution in [0.1, 0.15) is 16.8 Å². The van der Waals surface area contributed by atoms with Crippen LogP contribution < -0.4 is 4.74 Å². The summed E-state index contributed by atoms with van der Waals surface area (Å²) >= 11 is 0. The molecule has 1 aliphatic heterocycles. The van der Waals surface area contributed by atoms with Crippen LogP contribution in [0.2, 0.25) is 0 Å². The van der Waals surface area contributed by atoms with Crippen LogP contribution in [0.25, 0.3) is 11.0 Å². The number of benzene rings is 1. The van der Waals surface area contributed by atoms with Gasteiger partial charge >= 0.3 is 0 Å². The second kappa shape index (κ2) is 2.57. The predicted molar refractivity (Wildman–Crippen MR) is 50.5 cm³/mol. The summed E-state index contributed by atoms with van der Waals surface area (Å²) in [4.78, 5) is 18.6. The molecule has 0 saturated heterocycles. The first-order valence-electron chi connectivity index (χ1n) is 4.48. The van der Waals surface area contributed by atoms with Crippen molar-refractivity contribution in [2.45, 2.75) is 6.42 Å². The number of hydrogen-bond acceptors (Lipinski definition) is 3. The molecule has 0 aliphatic carbocycles. The van der Waals surface area contributed by atoms with Crippen LogP contribution in [-0.2, 0) is 0 Å². The SMILES string of the molecule is O=C1CCOc2c1ccc1[nH]cnc21. The fourth-order valence-corrected chi connectivity index (χ4v) is 1.73. The van der Waals surface area contributed by atoms with Gasteiger partial charge < -0.3 is 9.72 Å². The zero-order chi connectivity index (χ0) is 9.54. The standard InChI is InChI=1S/C10H8N2O2/c13-8-3-4-14-10-6(8)1-2-7-9(10)12-5-11-7/h1-2,5H,3-4H2,(H,11,12). The van der Waals surface area contributed by atoms with Gasteiger partial charge in [0.05, 0.1) is 24.0 Å². The minimum absolute atomic E-state index is 0.135. The van der Waals surface area contributed by atoms with Crippen molar-refractivity contribution < 1.29 is 9.53 Å². The van der Waals surface area contributed by atoms with E-state index in [1.54, 1.807) is 12.4 Å². The van der Waals surface area contributed by atoms with Crippen molar-refractivity contribution in [2.24, 2.45) is 0 Å². The number of fused-ring (bicyclic) bond motifs is 3. The van der Waals surface area contributed by atoms with Crippen LogP contribution in [0.5, 0.6) is 5.75 Å². The summed E-state index contributed by atoms with van der Waals surface area (Å²) in [6.07, 6.45) is 2.07. The maximum atomic E-state index is 11.5. The third-order valence-corrected chi connectivity index (χ3v) is 2.42. The molecule has 4 nitrogen and oxygen atoms in total. The van der Waals surface area contributed by atoms with Gasteiger partial charge in [0.15, 0.2) is 11.5 Å². The number of rotatable bonds is 0. The first-order chi connectivity index (χ1) is 6.86. The first-order valence-corrected chi connectivity index (χ1v) is 4.48. The molecule has 1 aromatic heterocycles. The Labute approximate surface area is 79.9 Å². The van der Waals surface area contributed by atoms with Crippen LogP contribution in [-0.4, -0.2) is 22.4 Å². The molecule has 70 valence electrons. The lowest BCUT2D eigenvalue weighted by molar-refractivity contribution is 0.0934. The Balaban J connectivity index is 2.38. The van der Waals surface area contributed by atoms with Crippen molar-refractivity contribution in [3.8, 4) is 5.75 Å². The molecule has 2 heterocycles. The highest BCUT2D eigenvalue weighted by Crippen LogP contribution is 2.31. The summed E-state index contributed by atoms with van der Waals surface area (Å²) in [5.74, 6) is 0.760. The summed E-state index contributed by atoms with van der Waals surface area (Å²) < 4.78 is 5.46. The molecular weight excluding hydrogens is 180 g/mol. The number of ketones is 1. The van der Waals surface area contributed by atoms with E-state index in [4.69, 9.17) is 4.74 Å². The molecule has 4 heteroatoms. The largest absolute Gasteiger partial charge is 0.490 e. The van der Waals surface area contributed by atoms with E-state index in [1.807, 2.05) is 6.07 Å². The van der Waals surface area contributed by atoms with Gasteiger partial charge in [-0.05, 0) is 12.1 Å². The molecular formula is C10H8N2O2. The highest BCUT2D eigenvalue weighted by atomic mass is 16.5. The smallest absolute Gasteiger partial charge is 0.170 e. The van der Waals surface area contributed by atoms with E-state index >= 15 is 0 Å². The summed E-state index contributed by atoms with van der Waals surface area (Å²) in [6, 6.07) is 3.64. The number of carbonyl (C=O) groups excluding carboxylic acids is 1. The van der Waals surface area contributed by atoms with E-state index in [0.29, 0.717) is 24.3 Å². The van der Waals surface area contributed by atoms with Gasteiger partial charge in [0.25, 0.3) is 0 Å². The van der Waals surface area contributed by atoms with E-state index in [-0.39, 0.29) is 5.78 Å². The van der Waals surface area contributed by atoms with Gasteiger partial charge in [-0.15, -0.1) is 0 Å². The summed E-state index contributed by atoms with van der Waals surface area (Å²) in [5.41, 5.74) is 2.30. The van der Waals surface area contributed by atoms with Crippen LogP contribution in [0, 0.1) is 0 Å². The van der Waals surface area contributed by atoms with Crippen molar-refractivity contribution in [1.29, 1.82) is 0 Å². The molecule has 0 amide bonds. The maximum Gasteiger partial charge on any atom is 0.170 e. The van der Waals surface area contributed by atoms with E-state index < -0.39 is 0 Å². The average Bonchev–Trinajstić information content (AvgIpc) is 2.66. The van der Waals surface area contributed by atoms with Crippen molar-refractivity contribution >= 4 is 16.8 Å². The number of aromatic amines is 1. The number of carbonyl (C=O) groups is 1. The van der Waals surface area contributed by atoms with Crippen LogP contribution in [0.4, 0.5) is 0 Å². The zero-order valence-corrected chi connectivity index (χ0v) is 7.41. The van der Waals surface area contributed by atoms with Crippen molar-refractivity contribution in [1.82, 2.24) is 9.97 Å². The van der Waals surface area contributed by atoms with Gasteiger partial charge in [-0.3, -0.25) is 4.79 Å². The lowest BCUT2D eigenvalue weighted by Gasteiger charge is -2.15. The quantitative estimate of drug-likeness (QED) is 0.682. The van der Waals surface area contributed by atoms with Gasteiger partial charge in [0.2, 0.25) is 0 Å². The minimum atomic E-state index is 0.135. The van der Waals surface area contributed by atoms with Crippen LogP contribution in [0.15, 0.2) is 18.5 Å². The molecule has 0 fully saturated rings. The van der Waals surface area contributed by atoms with Gasteiger partial charge in [-0.2, -0.15) is 0 Å². The number of Topliss-reactive ketones (excluding diaryl/α,β-unsaturated/α-hetero) is 1. The van der Waals surface area contributed by atoms with Gasteiger partial charge in [0.1, 0.15) is 5.52 Å². The molecule has 0 saturated carbocycles. The Kier molecular flexibility index (Phi) is 1.39. The van der Waals surface area contributed by atoms with E-state index in [2.05, 4.69) is 9.97 Å². The van der Waals surface area contributed by atoms with E-state index in [0.717, 1.165) is 11.0 Å². The van der Waals surface area contributed by atoms with E-state index in [9.17, 15) is 4.79 Å². The Bertz CT molecular complexity index is 516. The lowest BCUT2D eigenvalue weighted by atomic mass is 10.0. The molecule has 0 unspecified atom stereocenters. The number of nitrogens with one attached hydrogen (secondary N) is 1. The number of ether oxygens (including phenoxy) is 1. The fourth-order valence-electron chi connectivity index (χ4n) is 1.73. The molecule has 0 atom stereocenters. The maximum absolute atomic E-state index is 11.5. The minimum Gasteiger partial charge on any atom is -0.490 e. The summed E-state index contributed by atoms with van der Waals surface area (Å²) in [7, 11) is 0. The Morgan fingerprint density at radius 3 is 3.29 bits per heavy atom. The molecule has 1 N–H and O–H groups in total.